The molecule has 0 atom stereocenters. The zero-order valence-corrected chi connectivity index (χ0v) is 13.8. The smallest absolute Gasteiger partial charge is 0.311 e. The summed E-state index contributed by atoms with van der Waals surface area (Å²) in [6.45, 7) is 0.158. The highest BCUT2D eigenvalue weighted by Gasteiger charge is 2.39. The number of hydrogen-bond donors (Lipinski definition) is 2. The van der Waals surface area contributed by atoms with Gasteiger partial charge < -0.3 is 10.4 Å². The minimum Gasteiger partial charge on any atom is -0.481 e. The first-order chi connectivity index (χ1) is 9.93. The average Bonchev–Trinajstić information content (AvgIpc) is 2.44. The number of rotatable bonds is 4. The standard InChI is InChI=1S/C15H17BrClNO3/c16-11-6-10(7-12(17)8-11)13(19)18-9-15(14(20)21)4-2-1-3-5-15/h6-8H,1-5,9H2,(H,18,19)(H,20,21). The van der Waals surface area contributed by atoms with Crippen molar-refractivity contribution in [1.82, 2.24) is 5.32 Å². The summed E-state index contributed by atoms with van der Waals surface area (Å²) < 4.78 is 0.714. The van der Waals surface area contributed by atoms with E-state index >= 15 is 0 Å². The highest BCUT2D eigenvalue weighted by Crippen LogP contribution is 2.36. The molecular weight excluding hydrogens is 358 g/mol. The number of nitrogens with one attached hydrogen (secondary N) is 1. The van der Waals surface area contributed by atoms with Crippen LogP contribution in [0.5, 0.6) is 0 Å². The molecule has 0 saturated heterocycles. The number of carboxylic acid groups (broad SMARTS) is 1. The Morgan fingerprint density at radius 3 is 2.48 bits per heavy atom. The Hall–Kier alpha value is -1.07. The molecule has 1 aliphatic carbocycles. The van der Waals surface area contributed by atoms with Crippen LogP contribution in [0.4, 0.5) is 0 Å². The van der Waals surface area contributed by atoms with Gasteiger partial charge in [0.15, 0.2) is 0 Å². The van der Waals surface area contributed by atoms with Crippen LogP contribution in [-0.2, 0) is 4.79 Å². The van der Waals surface area contributed by atoms with Crippen LogP contribution in [0, 0.1) is 5.41 Å². The normalized spacial score (nSPS) is 17.2. The highest BCUT2D eigenvalue weighted by atomic mass is 79.9. The van der Waals surface area contributed by atoms with E-state index < -0.39 is 11.4 Å². The monoisotopic (exact) mass is 373 g/mol. The van der Waals surface area contributed by atoms with E-state index in [9.17, 15) is 14.7 Å². The lowest BCUT2D eigenvalue weighted by Crippen LogP contribution is -2.44. The van der Waals surface area contributed by atoms with Crippen LogP contribution >= 0.6 is 27.5 Å². The summed E-state index contributed by atoms with van der Waals surface area (Å²) in [6, 6.07) is 4.92. The lowest BCUT2D eigenvalue weighted by atomic mass is 9.74. The Morgan fingerprint density at radius 1 is 1.24 bits per heavy atom. The first-order valence-corrected chi connectivity index (χ1v) is 8.08. The predicted molar refractivity (Wildman–Crippen MR) is 84.6 cm³/mol. The van der Waals surface area contributed by atoms with E-state index in [4.69, 9.17) is 11.6 Å². The summed E-state index contributed by atoms with van der Waals surface area (Å²) >= 11 is 9.20. The molecule has 0 radical (unpaired) electrons. The summed E-state index contributed by atoms with van der Waals surface area (Å²) in [5.41, 5.74) is -0.408. The van der Waals surface area contributed by atoms with Crippen LogP contribution in [0.25, 0.3) is 0 Å². The number of benzene rings is 1. The molecule has 114 valence electrons. The maximum atomic E-state index is 12.2. The molecule has 0 bridgehead atoms. The van der Waals surface area contributed by atoms with Crippen LogP contribution in [-0.4, -0.2) is 23.5 Å². The maximum absolute atomic E-state index is 12.2. The van der Waals surface area contributed by atoms with Gasteiger partial charge in [0.05, 0.1) is 5.41 Å². The van der Waals surface area contributed by atoms with Crippen molar-refractivity contribution in [1.29, 1.82) is 0 Å². The molecule has 6 heteroatoms. The molecular formula is C15H17BrClNO3. The summed E-state index contributed by atoms with van der Waals surface area (Å²) in [5.74, 6) is -1.13. The second-order valence-corrected chi connectivity index (χ2v) is 6.84. The van der Waals surface area contributed by atoms with Crippen molar-refractivity contribution in [2.75, 3.05) is 6.54 Å². The van der Waals surface area contributed by atoms with Gasteiger partial charge in [0.2, 0.25) is 0 Å². The molecule has 4 nitrogen and oxygen atoms in total. The molecule has 2 rings (SSSR count). The Morgan fingerprint density at radius 2 is 1.90 bits per heavy atom. The third kappa shape index (κ3) is 3.98. The van der Waals surface area contributed by atoms with Crippen molar-refractivity contribution < 1.29 is 14.7 Å². The number of halogens is 2. The second kappa shape index (κ2) is 6.79. The van der Waals surface area contributed by atoms with Gasteiger partial charge in [0.1, 0.15) is 0 Å². The van der Waals surface area contributed by atoms with Gasteiger partial charge in [-0.05, 0) is 31.0 Å². The molecule has 2 N–H and O–H groups in total. The first kappa shape index (κ1) is 16.3. The molecule has 1 fully saturated rings. The Labute approximate surface area is 137 Å². The first-order valence-electron chi connectivity index (χ1n) is 6.91. The number of carboxylic acids is 1. The fourth-order valence-corrected chi connectivity index (χ4v) is 3.59. The molecule has 0 spiro atoms. The molecule has 1 aromatic carbocycles. The lowest BCUT2D eigenvalue weighted by molar-refractivity contribution is -0.150. The molecule has 1 amide bonds. The van der Waals surface area contributed by atoms with Crippen molar-refractivity contribution in [3.05, 3.63) is 33.3 Å². The molecule has 1 aliphatic rings. The number of amides is 1. The van der Waals surface area contributed by atoms with Crippen molar-refractivity contribution in [2.45, 2.75) is 32.1 Å². The summed E-state index contributed by atoms with van der Waals surface area (Å²) in [6.07, 6.45) is 4.07. The van der Waals surface area contributed by atoms with Crippen molar-refractivity contribution in [2.24, 2.45) is 5.41 Å². The van der Waals surface area contributed by atoms with Crippen LogP contribution < -0.4 is 5.32 Å². The van der Waals surface area contributed by atoms with Crippen molar-refractivity contribution >= 4 is 39.4 Å². The molecule has 0 aromatic heterocycles. The highest BCUT2D eigenvalue weighted by molar-refractivity contribution is 9.10. The zero-order valence-electron chi connectivity index (χ0n) is 11.5. The van der Waals surface area contributed by atoms with Crippen LogP contribution in [0.3, 0.4) is 0 Å². The fourth-order valence-electron chi connectivity index (χ4n) is 2.73. The minimum absolute atomic E-state index is 0.158. The van der Waals surface area contributed by atoms with Crippen LogP contribution in [0.15, 0.2) is 22.7 Å². The van der Waals surface area contributed by atoms with Crippen LogP contribution in [0.2, 0.25) is 5.02 Å². The minimum atomic E-state index is -0.830. The van der Waals surface area contributed by atoms with Gasteiger partial charge in [-0.3, -0.25) is 9.59 Å². The van der Waals surface area contributed by atoms with Crippen LogP contribution in [0.1, 0.15) is 42.5 Å². The van der Waals surface area contributed by atoms with E-state index in [1.165, 1.54) is 0 Å². The Kier molecular flexibility index (Phi) is 5.27. The second-order valence-electron chi connectivity index (χ2n) is 5.49. The van der Waals surface area contributed by atoms with E-state index in [1.807, 2.05) is 0 Å². The van der Waals surface area contributed by atoms with Gasteiger partial charge in [0, 0.05) is 21.6 Å². The molecule has 0 heterocycles. The number of hydrogen-bond acceptors (Lipinski definition) is 2. The largest absolute Gasteiger partial charge is 0.481 e. The number of carbonyl (C=O) groups excluding carboxylic acids is 1. The molecule has 1 aromatic rings. The third-order valence-corrected chi connectivity index (χ3v) is 4.65. The quantitative estimate of drug-likeness (QED) is 0.841. The SMILES string of the molecule is O=C(NCC1(C(=O)O)CCCCC1)c1cc(Cl)cc(Br)c1. The van der Waals surface area contributed by atoms with Gasteiger partial charge in [-0.2, -0.15) is 0 Å². The van der Waals surface area contributed by atoms with Gasteiger partial charge in [0.25, 0.3) is 5.91 Å². The lowest BCUT2D eigenvalue weighted by Gasteiger charge is -2.33. The molecule has 21 heavy (non-hydrogen) atoms. The van der Waals surface area contributed by atoms with E-state index in [0.29, 0.717) is 27.9 Å². The molecule has 0 aliphatic heterocycles. The van der Waals surface area contributed by atoms with Crippen molar-refractivity contribution in [3.8, 4) is 0 Å². The Bertz CT molecular complexity index is 536. The summed E-state index contributed by atoms with van der Waals surface area (Å²) in [4.78, 5) is 23.7. The number of carbonyl (C=O) groups is 2. The average molecular weight is 375 g/mol. The van der Waals surface area contributed by atoms with Gasteiger partial charge in [-0.15, -0.1) is 0 Å². The Balaban J connectivity index is 2.06. The number of aliphatic carboxylic acids is 1. The fraction of sp³-hybridized carbons (Fsp3) is 0.467. The zero-order chi connectivity index (χ0) is 15.5. The van der Waals surface area contributed by atoms with E-state index in [-0.39, 0.29) is 12.5 Å². The van der Waals surface area contributed by atoms with E-state index in [2.05, 4.69) is 21.2 Å². The predicted octanol–water partition coefficient (Wildman–Crippen LogP) is 3.87. The van der Waals surface area contributed by atoms with Gasteiger partial charge >= 0.3 is 5.97 Å². The van der Waals surface area contributed by atoms with Gasteiger partial charge in [-0.1, -0.05) is 46.8 Å². The maximum Gasteiger partial charge on any atom is 0.311 e. The summed E-state index contributed by atoms with van der Waals surface area (Å²) in [5, 5.41) is 12.7. The molecule has 0 unspecified atom stereocenters. The van der Waals surface area contributed by atoms with E-state index in [0.717, 1.165) is 19.3 Å². The van der Waals surface area contributed by atoms with Gasteiger partial charge in [-0.25, -0.2) is 0 Å². The third-order valence-electron chi connectivity index (χ3n) is 3.98. The molecule has 1 saturated carbocycles. The topological polar surface area (TPSA) is 66.4 Å². The van der Waals surface area contributed by atoms with E-state index in [1.54, 1.807) is 18.2 Å². The summed E-state index contributed by atoms with van der Waals surface area (Å²) in [7, 11) is 0. The van der Waals surface area contributed by atoms with Crippen molar-refractivity contribution in [3.63, 3.8) is 0 Å².